The third-order valence-electron chi connectivity index (χ3n) is 13.3. The molecule has 0 spiro atoms. The van der Waals surface area contributed by atoms with Crippen molar-refractivity contribution in [2.24, 2.45) is 0 Å². The van der Waals surface area contributed by atoms with Gasteiger partial charge in [-0.1, -0.05) is 23.2 Å². The molecule has 0 aliphatic carbocycles. The van der Waals surface area contributed by atoms with Crippen molar-refractivity contribution in [3.05, 3.63) is 143 Å². The van der Waals surface area contributed by atoms with Crippen molar-refractivity contribution in [1.82, 2.24) is 53.7 Å². The van der Waals surface area contributed by atoms with Gasteiger partial charge in [-0.15, -0.1) is 11.6 Å². The minimum Gasteiger partial charge on any atom is -0.494 e. The maximum absolute atomic E-state index is 14.3. The summed E-state index contributed by atoms with van der Waals surface area (Å²) in [5.41, 5.74) is 6.01. The lowest BCUT2D eigenvalue weighted by Crippen LogP contribution is -2.50. The Morgan fingerprint density at radius 3 is 1.47 bits per heavy atom. The number of piperazine rings is 2. The van der Waals surface area contributed by atoms with E-state index in [1.54, 1.807) is 97.8 Å². The molecule has 77 heavy (non-hydrogen) atoms. The molecule has 0 unspecified atom stereocenters. The SMILES string of the molecule is COc1ccc(-c2cnc3c(Nc4ccc(C(=O)N5CCN(CCCl)CC5)c(Cl)c4)nccn23)cc1F.COc1ccc(-c2cnc3c(Nc4ccc(C(=O)N5CCN(CCNCCO)CC5)c(Cl)c4)nccn23)cc1F. The molecule has 2 aliphatic heterocycles. The third-order valence-corrected chi connectivity index (χ3v) is 14.1. The van der Waals surface area contributed by atoms with Crippen molar-refractivity contribution >= 4 is 80.9 Å². The van der Waals surface area contributed by atoms with Gasteiger partial charge in [0.2, 0.25) is 0 Å². The van der Waals surface area contributed by atoms with E-state index in [9.17, 15) is 18.4 Å². The van der Waals surface area contributed by atoms with Crippen molar-refractivity contribution in [3.8, 4) is 34.0 Å². The smallest absolute Gasteiger partial charge is 0.255 e. The Bertz CT molecular complexity index is 3370. The van der Waals surface area contributed by atoms with Gasteiger partial charge in [0, 0.05) is 132 Å². The number of aliphatic hydroxyl groups is 1. The summed E-state index contributed by atoms with van der Waals surface area (Å²) in [5, 5.41) is 19.2. The van der Waals surface area contributed by atoms with Crippen LogP contribution in [0.4, 0.5) is 31.8 Å². The quantitative estimate of drug-likeness (QED) is 0.0506. The third kappa shape index (κ3) is 12.7. The molecule has 10 rings (SSSR count). The molecule has 0 atom stereocenters. The van der Waals surface area contributed by atoms with Crippen LogP contribution in [-0.4, -0.2) is 171 Å². The highest BCUT2D eigenvalue weighted by Gasteiger charge is 2.26. The Morgan fingerprint density at radius 2 is 1.06 bits per heavy atom. The molecule has 0 saturated carbocycles. The summed E-state index contributed by atoms with van der Waals surface area (Å²) in [7, 11) is 2.85. The summed E-state index contributed by atoms with van der Waals surface area (Å²) >= 11 is 18.9. The summed E-state index contributed by atoms with van der Waals surface area (Å²) in [6, 6.07) is 19.9. The van der Waals surface area contributed by atoms with Crippen LogP contribution in [0.25, 0.3) is 33.8 Å². The van der Waals surface area contributed by atoms with E-state index in [0.29, 0.717) is 117 Å². The summed E-state index contributed by atoms with van der Waals surface area (Å²) in [4.78, 5) is 52.2. The van der Waals surface area contributed by atoms with Gasteiger partial charge in [-0.3, -0.25) is 28.2 Å². The molecule has 2 amide bonds. The molecule has 2 fully saturated rings. The van der Waals surface area contributed by atoms with Gasteiger partial charge in [0.15, 0.2) is 46.1 Å². The molecular weight excluding hydrogens is 1060 g/mol. The van der Waals surface area contributed by atoms with E-state index < -0.39 is 11.6 Å². The first-order chi connectivity index (χ1) is 37.5. The monoisotopic (exact) mass is 1110 g/mol. The first kappa shape index (κ1) is 54.6. The van der Waals surface area contributed by atoms with Crippen LogP contribution in [0, 0.1) is 11.6 Å². The minimum atomic E-state index is -0.458. The topological polar surface area (TPSA) is 182 Å². The number of imidazole rings is 2. The maximum atomic E-state index is 14.3. The zero-order valence-corrected chi connectivity index (χ0v) is 44.5. The fourth-order valence-corrected chi connectivity index (χ4v) is 9.91. The second kappa shape index (κ2) is 25.3. The molecule has 4 aromatic carbocycles. The molecule has 0 bridgehead atoms. The fraction of sp³-hybridized carbons (Fsp3) is 0.296. The lowest BCUT2D eigenvalue weighted by molar-refractivity contribution is 0.0634. The molecule has 6 heterocycles. The van der Waals surface area contributed by atoms with Crippen molar-refractivity contribution in [2.75, 3.05) is 116 Å². The largest absolute Gasteiger partial charge is 0.494 e. The second-order valence-corrected chi connectivity index (χ2v) is 19.2. The number of aromatic nitrogens is 6. The standard InChI is InChI=1S/C28H31ClFN7O3.C26H25Cl2FN6O2/c1-40-25-5-2-19(16-23(25)30)24-18-33-27-26(32-7-10-37(24)27)34-20-3-4-21(22(29)17-20)28(39)36-13-11-35(12-14-36)9-6-31-8-15-38;1-37-23-5-2-17(14-21(23)29)22-16-31-25-24(30-7-9-35(22)25)32-18-3-4-19(20(28)15-18)26(36)34-12-10-33(8-6-27)11-13-34/h2-5,7,10,16-18,31,38H,6,8-9,11-15H2,1H3,(H,32,34);2-5,7,9,14-16H,6,8,10-13H2,1H3,(H,30,32). The summed E-state index contributed by atoms with van der Waals surface area (Å²) in [6.07, 6.45) is 10.1. The van der Waals surface area contributed by atoms with Crippen LogP contribution in [0.2, 0.25) is 10.0 Å². The molecule has 4 aromatic heterocycles. The molecule has 18 nitrogen and oxygen atoms in total. The Hall–Kier alpha value is -7.17. The fourth-order valence-electron chi connectivity index (χ4n) is 9.15. The van der Waals surface area contributed by atoms with Crippen molar-refractivity contribution in [1.29, 1.82) is 0 Å². The number of aliphatic hydroxyl groups excluding tert-OH is 1. The number of halogens is 5. The number of benzene rings is 4. The Morgan fingerprint density at radius 1 is 0.610 bits per heavy atom. The van der Waals surface area contributed by atoms with Crippen LogP contribution >= 0.6 is 34.8 Å². The normalized spacial score (nSPS) is 14.1. The molecule has 402 valence electrons. The number of carbonyl (C=O) groups excluding carboxylic acids is 2. The maximum Gasteiger partial charge on any atom is 0.255 e. The Kier molecular flexibility index (Phi) is 18.0. The number of nitrogens with one attached hydrogen (secondary N) is 3. The van der Waals surface area contributed by atoms with E-state index in [1.807, 2.05) is 18.6 Å². The molecule has 8 aromatic rings. The number of fused-ring (bicyclic) bond motifs is 2. The van der Waals surface area contributed by atoms with E-state index >= 15 is 0 Å². The molecule has 23 heteroatoms. The van der Waals surface area contributed by atoms with Gasteiger partial charge < -0.3 is 40.3 Å². The van der Waals surface area contributed by atoms with Crippen LogP contribution in [0.5, 0.6) is 11.5 Å². The zero-order valence-electron chi connectivity index (χ0n) is 42.2. The number of amides is 2. The number of alkyl halides is 1. The van der Waals surface area contributed by atoms with E-state index in [2.05, 4.69) is 45.7 Å². The highest BCUT2D eigenvalue weighted by Crippen LogP contribution is 2.32. The van der Waals surface area contributed by atoms with Gasteiger partial charge in [-0.05, 0) is 72.8 Å². The highest BCUT2D eigenvalue weighted by atomic mass is 35.5. The summed E-state index contributed by atoms with van der Waals surface area (Å²) < 4.78 is 42.3. The van der Waals surface area contributed by atoms with Crippen LogP contribution in [0.3, 0.4) is 0 Å². The van der Waals surface area contributed by atoms with E-state index in [4.69, 9.17) is 49.4 Å². The van der Waals surface area contributed by atoms with Gasteiger partial charge in [-0.25, -0.2) is 28.7 Å². The number of hydrogen-bond acceptors (Lipinski definition) is 14. The Balaban J connectivity index is 0.000000188. The van der Waals surface area contributed by atoms with E-state index in [1.165, 1.54) is 26.4 Å². The van der Waals surface area contributed by atoms with Gasteiger partial charge in [0.25, 0.3) is 11.8 Å². The molecule has 2 aliphatic rings. The first-order valence-corrected chi connectivity index (χ1v) is 26.1. The first-order valence-electron chi connectivity index (χ1n) is 24.8. The second-order valence-electron chi connectivity index (χ2n) is 18.0. The minimum absolute atomic E-state index is 0.0908. The van der Waals surface area contributed by atoms with E-state index in [0.717, 1.165) is 45.8 Å². The van der Waals surface area contributed by atoms with Gasteiger partial charge in [0.05, 0.1) is 65.8 Å². The number of carbonyl (C=O) groups is 2. The number of ether oxygens (including phenoxy) is 2. The van der Waals surface area contributed by atoms with Crippen LogP contribution in [0.15, 0.2) is 110 Å². The lowest BCUT2D eigenvalue weighted by Gasteiger charge is -2.35. The van der Waals surface area contributed by atoms with E-state index in [-0.39, 0.29) is 29.9 Å². The summed E-state index contributed by atoms with van der Waals surface area (Å²) in [5.74, 6) is 0.808. The number of rotatable bonds is 17. The molecule has 4 N–H and O–H groups in total. The lowest BCUT2D eigenvalue weighted by atomic mass is 10.1. The van der Waals surface area contributed by atoms with Gasteiger partial charge >= 0.3 is 0 Å². The van der Waals surface area contributed by atoms with Gasteiger partial charge in [-0.2, -0.15) is 0 Å². The number of anilines is 4. The van der Waals surface area contributed by atoms with Crippen molar-refractivity contribution in [3.63, 3.8) is 0 Å². The Labute approximate surface area is 458 Å². The number of nitrogens with zero attached hydrogens (tertiary/aromatic N) is 10. The van der Waals surface area contributed by atoms with Gasteiger partial charge in [0.1, 0.15) is 0 Å². The number of methoxy groups -OCH3 is 2. The van der Waals surface area contributed by atoms with Crippen LogP contribution < -0.4 is 25.4 Å². The predicted molar refractivity (Wildman–Crippen MR) is 295 cm³/mol. The average Bonchev–Trinajstić information content (AvgIpc) is 4.11. The van der Waals surface area contributed by atoms with Crippen molar-refractivity contribution in [2.45, 2.75) is 0 Å². The zero-order chi connectivity index (χ0) is 54.0. The summed E-state index contributed by atoms with van der Waals surface area (Å²) in [6.45, 7) is 8.89. The molecule has 2 saturated heterocycles. The average molecular weight is 1110 g/mol. The van der Waals surface area contributed by atoms with Crippen molar-refractivity contribution < 1.29 is 33.0 Å². The van der Waals surface area contributed by atoms with Crippen LogP contribution in [-0.2, 0) is 0 Å². The highest BCUT2D eigenvalue weighted by molar-refractivity contribution is 6.34. The number of hydrogen-bond donors (Lipinski definition) is 4. The van der Waals surface area contributed by atoms with Crippen LogP contribution in [0.1, 0.15) is 20.7 Å². The molecule has 0 radical (unpaired) electrons. The molecular formula is C54H56Cl3F2N13O5. The predicted octanol–water partition coefficient (Wildman–Crippen LogP) is 8.22.